The number of aliphatic hydroxyl groups is 2. The summed E-state index contributed by atoms with van der Waals surface area (Å²) in [7, 11) is 0. The zero-order valence-electron chi connectivity index (χ0n) is 16.2. The smallest absolute Gasteiger partial charge is 0.295 e. The van der Waals surface area contributed by atoms with Gasteiger partial charge in [-0.3, -0.25) is 19.7 Å². The van der Waals surface area contributed by atoms with Crippen molar-refractivity contribution in [2.45, 2.75) is 6.04 Å². The molecular formula is C21H19FN2O7. The topological polar surface area (TPSA) is 130 Å². The molecule has 0 saturated carbocycles. The third kappa shape index (κ3) is 4.60. The molecule has 1 saturated heterocycles. The van der Waals surface area contributed by atoms with Gasteiger partial charge in [0, 0.05) is 24.2 Å². The molecule has 0 spiro atoms. The number of nitro groups is 1. The lowest BCUT2D eigenvalue weighted by Gasteiger charge is -2.25. The van der Waals surface area contributed by atoms with Crippen molar-refractivity contribution in [1.82, 2.24) is 4.90 Å². The van der Waals surface area contributed by atoms with E-state index in [-0.39, 0.29) is 48.8 Å². The lowest BCUT2D eigenvalue weighted by molar-refractivity contribution is -0.384. The van der Waals surface area contributed by atoms with Crippen molar-refractivity contribution in [3.63, 3.8) is 0 Å². The summed E-state index contributed by atoms with van der Waals surface area (Å²) >= 11 is 0. The number of halogens is 1. The van der Waals surface area contributed by atoms with E-state index in [1.54, 1.807) is 0 Å². The van der Waals surface area contributed by atoms with Gasteiger partial charge in [0.15, 0.2) is 0 Å². The fourth-order valence-corrected chi connectivity index (χ4v) is 3.39. The lowest BCUT2D eigenvalue weighted by atomic mass is 9.95. The molecule has 1 amide bonds. The van der Waals surface area contributed by atoms with Gasteiger partial charge in [-0.25, -0.2) is 4.39 Å². The van der Waals surface area contributed by atoms with Gasteiger partial charge < -0.3 is 19.8 Å². The maximum absolute atomic E-state index is 13.9. The summed E-state index contributed by atoms with van der Waals surface area (Å²) in [6.07, 6.45) is 0. The van der Waals surface area contributed by atoms with E-state index in [1.165, 1.54) is 36.4 Å². The molecule has 0 radical (unpaired) electrons. The Bertz CT molecular complexity index is 1050. The molecule has 0 aliphatic carbocycles. The average Bonchev–Trinajstić information content (AvgIpc) is 3.01. The van der Waals surface area contributed by atoms with Crippen LogP contribution in [0, 0.1) is 15.9 Å². The molecule has 1 unspecified atom stereocenters. The molecule has 1 aliphatic rings. The highest BCUT2D eigenvalue weighted by molar-refractivity contribution is 6.46. The molecule has 3 rings (SSSR count). The number of Topliss-reactive ketones (excluding diaryl/α,β-unsaturated/α-hetero) is 1. The first-order chi connectivity index (χ1) is 14.8. The monoisotopic (exact) mass is 430 g/mol. The average molecular weight is 430 g/mol. The van der Waals surface area contributed by atoms with Gasteiger partial charge in [-0.1, -0.05) is 24.3 Å². The highest BCUT2D eigenvalue weighted by Gasteiger charge is 2.46. The van der Waals surface area contributed by atoms with Gasteiger partial charge in [-0.2, -0.15) is 0 Å². The summed E-state index contributed by atoms with van der Waals surface area (Å²) in [5.41, 5.74) is -0.394. The molecule has 2 aromatic carbocycles. The molecule has 9 nitrogen and oxygen atoms in total. The third-order valence-electron chi connectivity index (χ3n) is 4.75. The van der Waals surface area contributed by atoms with Crippen LogP contribution in [0.15, 0.2) is 54.1 Å². The molecular weight excluding hydrogens is 411 g/mol. The molecule has 0 aromatic heterocycles. The number of ether oxygens (including phenoxy) is 1. The number of hydrogen-bond donors (Lipinski definition) is 2. The molecule has 1 fully saturated rings. The molecule has 1 heterocycles. The predicted octanol–water partition coefficient (Wildman–Crippen LogP) is 2.16. The maximum atomic E-state index is 13.9. The number of carbonyl (C=O) groups is 2. The van der Waals surface area contributed by atoms with Crippen molar-refractivity contribution in [1.29, 1.82) is 0 Å². The summed E-state index contributed by atoms with van der Waals surface area (Å²) in [4.78, 5) is 37.0. The van der Waals surface area contributed by atoms with Crippen molar-refractivity contribution in [2.24, 2.45) is 0 Å². The van der Waals surface area contributed by atoms with Gasteiger partial charge in [-0.15, -0.1) is 0 Å². The van der Waals surface area contributed by atoms with E-state index in [0.717, 1.165) is 17.0 Å². The standard InChI is InChI=1S/C21H19FN2O7/c22-15-5-1-3-13(11-15)18-17(19(26)14-4-2-6-16(12-14)24(29)30)20(27)21(28)23(18)7-9-31-10-8-25/h1-6,11-12,18,25-26H,7-10H2/b19-17+. The van der Waals surface area contributed by atoms with Crippen molar-refractivity contribution < 1.29 is 33.9 Å². The largest absolute Gasteiger partial charge is 0.507 e. The fraction of sp³-hybridized carbons (Fsp3) is 0.238. The number of nitro benzene ring substituents is 1. The predicted molar refractivity (Wildman–Crippen MR) is 106 cm³/mol. The number of amides is 1. The molecule has 0 bridgehead atoms. The van der Waals surface area contributed by atoms with Crippen LogP contribution in [0.1, 0.15) is 17.2 Å². The molecule has 2 N–H and O–H groups in total. The second kappa shape index (κ2) is 9.45. The normalized spacial score (nSPS) is 17.9. The van der Waals surface area contributed by atoms with Gasteiger partial charge in [0.05, 0.1) is 36.4 Å². The van der Waals surface area contributed by atoms with Crippen LogP contribution in [0.2, 0.25) is 0 Å². The summed E-state index contributed by atoms with van der Waals surface area (Å²) in [6, 6.07) is 9.12. The van der Waals surface area contributed by atoms with Gasteiger partial charge in [0.2, 0.25) is 0 Å². The van der Waals surface area contributed by atoms with Crippen LogP contribution in [0.5, 0.6) is 0 Å². The Balaban J connectivity index is 2.10. The van der Waals surface area contributed by atoms with E-state index in [1.807, 2.05) is 0 Å². The number of benzene rings is 2. The molecule has 10 heteroatoms. The number of hydrogen-bond acceptors (Lipinski definition) is 7. The summed E-state index contributed by atoms with van der Waals surface area (Å²) in [5.74, 6) is -3.13. The van der Waals surface area contributed by atoms with Crippen LogP contribution in [-0.4, -0.2) is 58.1 Å². The molecule has 31 heavy (non-hydrogen) atoms. The van der Waals surface area contributed by atoms with Crippen LogP contribution in [0.25, 0.3) is 5.76 Å². The number of rotatable bonds is 8. The maximum Gasteiger partial charge on any atom is 0.295 e. The van der Waals surface area contributed by atoms with Crippen LogP contribution in [0.4, 0.5) is 10.1 Å². The van der Waals surface area contributed by atoms with Crippen molar-refractivity contribution in [3.05, 3.63) is 81.2 Å². The van der Waals surface area contributed by atoms with Crippen molar-refractivity contribution >= 4 is 23.1 Å². The highest BCUT2D eigenvalue weighted by atomic mass is 19.1. The Labute approximate surface area is 176 Å². The van der Waals surface area contributed by atoms with E-state index >= 15 is 0 Å². The number of nitrogens with zero attached hydrogens (tertiary/aromatic N) is 2. The van der Waals surface area contributed by atoms with E-state index in [0.29, 0.717) is 0 Å². The lowest BCUT2D eigenvalue weighted by Crippen LogP contribution is -2.33. The Morgan fingerprint density at radius 2 is 1.90 bits per heavy atom. The summed E-state index contributed by atoms with van der Waals surface area (Å²) in [6.45, 7) is -0.255. The minimum atomic E-state index is -1.12. The molecule has 2 aromatic rings. The van der Waals surface area contributed by atoms with Crippen LogP contribution in [0.3, 0.4) is 0 Å². The second-order valence-electron chi connectivity index (χ2n) is 6.69. The van der Waals surface area contributed by atoms with E-state index < -0.39 is 34.2 Å². The number of carbonyl (C=O) groups excluding carboxylic acids is 2. The molecule has 162 valence electrons. The Morgan fingerprint density at radius 1 is 1.16 bits per heavy atom. The zero-order chi connectivity index (χ0) is 22.5. The Hall–Kier alpha value is -3.63. The Kier molecular flexibility index (Phi) is 6.73. The third-order valence-corrected chi connectivity index (χ3v) is 4.75. The number of non-ortho nitro benzene ring substituents is 1. The summed E-state index contributed by atoms with van der Waals surface area (Å²) in [5, 5.41) is 30.7. The van der Waals surface area contributed by atoms with Crippen LogP contribution in [-0.2, 0) is 14.3 Å². The first-order valence-electron chi connectivity index (χ1n) is 9.32. The van der Waals surface area contributed by atoms with Gasteiger partial charge >= 0.3 is 0 Å². The summed E-state index contributed by atoms with van der Waals surface area (Å²) < 4.78 is 19.1. The minimum absolute atomic E-state index is 0.00372. The second-order valence-corrected chi connectivity index (χ2v) is 6.69. The highest BCUT2D eigenvalue weighted by Crippen LogP contribution is 2.39. The first-order valence-corrected chi connectivity index (χ1v) is 9.32. The van der Waals surface area contributed by atoms with Crippen molar-refractivity contribution in [3.8, 4) is 0 Å². The van der Waals surface area contributed by atoms with Crippen LogP contribution >= 0.6 is 0 Å². The van der Waals surface area contributed by atoms with E-state index in [2.05, 4.69) is 0 Å². The van der Waals surface area contributed by atoms with Crippen LogP contribution < -0.4 is 0 Å². The molecule has 1 atom stereocenters. The van der Waals surface area contributed by atoms with Crippen molar-refractivity contribution in [2.75, 3.05) is 26.4 Å². The first kappa shape index (κ1) is 22.1. The molecule has 1 aliphatic heterocycles. The SMILES string of the molecule is O=C1C(=O)N(CCOCCO)C(c2cccc(F)c2)/C1=C(\O)c1cccc([N+](=O)[O-])c1. The number of aliphatic hydroxyl groups excluding tert-OH is 2. The fourth-order valence-electron chi connectivity index (χ4n) is 3.39. The number of likely N-dealkylation sites (tertiary alicyclic amines) is 1. The zero-order valence-corrected chi connectivity index (χ0v) is 16.2. The quantitative estimate of drug-likeness (QED) is 0.164. The van der Waals surface area contributed by atoms with E-state index in [9.17, 15) is 29.2 Å². The Morgan fingerprint density at radius 3 is 2.58 bits per heavy atom. The number of ketones is 1. The van der Waals surface area contributed by atoms with Gasteiger partial charge in [0.25, 0.3) is 17.4 Å². The van der Waals surface area contributed by atoms with Gasteiger partial charge in [-0.05, 0) is 17.7 Å². The van der Waals surface area contributed by atoms with Gasteiger partial charge in [0.1, 0.15) is 11.6 Å². The van der Waals surface area contributed by atoms with E-state index in [4.69, 9.17) is 9.84 Å². The minimum Gasteiger partial charge on any atom is -0.507 e.